The topological polar surface area (TPSA) is 146 Å². The van der Waals surface area contributed by atoms with E-state index < -0.39 is 16.5 Å². The molecule has 166 valence electrons. The van der Waals surface area contributed by atoms with Crippen LogP contribution in [0.15, 0.2) is 53.3 Å². The summed E-state index contributed by atoms with van der Waals surface area (Å²) in [7, 11) is 2.87. The highest BCUT2D eigenvalue weighted by atomic mass is 16.6. The fraction of sp³-hybridized carbons (Fsp3) is 0.190. The number of amides is 1. The van der Waals surface area contributed by atoms with Crippen LogP contribution in [-0.4, -0.2) is 48.5 Å². The zero-order chi connectivity index (χ0) is 23.1. The molecule has 0 radical (unpaired) electrons. The number of nitro groups is 1. The molecule has 0 fully saturated rings. The van der Waals surface area contributed by atoms with Gasteiger partial charge in [0.15, 0.2) is 11.5 Å². The molecule has 0 aliphatic heterocycles. The van der Waals surface area contributed by atoms with Crippen LogP contribution in [0.2, 0.25) is 0 Å². The first kappa shape index (κ1) is 22.4. The number of nitrogens with zero attached hydrogens (tertiary/aromatic N) is 2. The Bertz CT molecular complexity index is 1170. The first-order valence-electron chi connectivity index (χ1n) is 9.38. The molecule has 1 aromatic heterocycles. The van der Waals surface area contributed by atoms with Gasteiger partial charge in [-0.1, -0.05) is 12.1 Å². The van der Waals surface area contributed by atoms with Gasteiger partial charge in [0.2, 0.25) is 0 Å². The Morgan fingerprint density at radius 2 is 1.94 bits per heavy atom. The van der Waals surface area contributed by atoms with Gasteiger partial charge in [0.05, 0.1) is 30.4 Å². The Balaban J connectivity index is 1.90. The number of carbonyl (C=O) groups is 1. The van der Waals surface area contributed by atoms with Crippen LogP contribution in [0.1, 0.15) is 10.4 Å². The van der Waals surface area contributed by atoms with E-state index >= 15 is 0 Å². The maximum absolute atomic E-state index is 12.9. The maximum Gasteiger partial charge on any atom is 0.286 e. The van der Waals surface area contributed by atoms with E-state index in [0.29, 0.717) is 16.9 Å². The van der Waals surface area contributed by atoms with Gasteiger partial charge in [0, 0.05) is 30.5 Å². The molecule has 1 heterocycles. The molecule has 0 aliphatic carbocycles. The quantitative estimate of drug-likeness (QED) is 0.293. The molecule has 0 saturated carbocycles. The molecule has 3 rings (SSSR count). The van der Waals surface area contributed by atoms with Gasteiger partial charge in [-0.3, -0.25) is 19.7 Å². The summed E-state index contributed by atoms with van der Waals surface area (Å²) >= 11 is 0. The zero-order valence-corrected chi connectivity index (χ0v) is 17.3. The number of aromatic nitrogens is 2. The molecule has 0 saturated heterocycles. The summed E-state index contributed by atoms with van der Waals surface area (Å²) in [5.41, 5.74) is 0.537. The minimum atomic E-state index is -0.704. The lowest BCUT2D eigenvalue weighted by Gasteiger charge is -2.13. The number of hydrogen-bond acceptors (Lipinski definition) is 8. The molecule has 0 aliphatic rings. The van der Waals surface area contributed by atoms with Crippen LogP contribution in [-0.2, 0) is 4.74 Å². The van der Waals surface area contributed by atoms with Crippen molar-refractivity contribution in [2.45, 2.75) is 0 Å². The Morgan fingerprint density at radius 1 is 1.12 bits per heavy atom. The van der Waals surface area contributed by atoms with Crippen molar-refractivity contribution in [2.75, 3.05) is 32.8 Å². The number of rotatable bonds is 9. The average molecular weight is 440 g/mol. The van der Waals surface area contributed by atoms with E-state index in [1.165, 1.54) is 32.4 Å². The fourth-order valence-electron chi connectivity index (χ4n) is 2.85. The third kappa shape index (κ3) is 5.26. The average Bonchev–Trinajstić information content (AvgIpc) is 2.79. The minimum absolute atomic E-state index is 0.124. The van der Waals surface area contributed by atoms with E-state index in [1.807, 2.05) is 0 Å². The summed E-state index contributed by atoms with van der Waals surface area (Å²) in [6.07, 6.45) is 0. The van der Waals surface area contributed by atoms with Crippen molar-refractivity contribution in [3.63, 3.8) is 0 Å². The molecular weight excluding hydrogens is 420 g/mol. The third-order valence-electron chi connectivity index (χ3n) is 4.36. The Hall–Kier alpha value is -4.25. The molecule has 0 atom stereocenters. The van der Waals surface area contributed by atoms with Crippen molar-refractivity contribution in [1.29, 1.82) is 0 Å². The molecule has 11 nitrogen and oxygen atoms in total. The van der Waals surface area contributed by atoms with Gasteiger partial charge >= 0.3 is 0 Å². The van der Waals surface area contributed by atoms with Crippen molar-refractivity contribution in [1.82, 2.24) is 10.2 Å². The molecule has 11 heteroatoms. The van der Waals surface area contributed by atoms with E-state index in [0.717, 1.165) is 6.07 Å². The molecule has 1 amide bonds. The summed E-state index contributed by atoms with van der Waals surface area (Å²) in [5.74, 6) is -0.410. The minimum Gasteiger partial charge on any atom is -0.493 e. The van der Waals surface area contributed by atoms with E-state index in [1.54, 1.807) is 24.3 Å². The third-order valence-corrected chi connectivity index (χ3v) is 4.36. The van der Waals surface area contributed by atoms with Crippen LogP contribution in [0.5, 0.6) is 11.5 Å². The zero-order valence-electron chi connectivity index (χ0n) is 17.3. The van der Waals surface area contributed by atoms with Crippen molar-refractivity contribution in [3.8, 4) is 22.8 Å². The summed E-state index contributed by atoms with van der Waals surface area (Å²) in [6, 6.07) is 11.9. The summed E-state index contributed by atoms with van der Waals surface area (Å²) in [4.78, 5) is 35.0. The molecule has 0 bridgehead atoms. The van der Waals surface area contributed by atoms with Crippen molar-refractivity contribution in [2.24, 2.45) is 0 Å². The molecule has 0 spiro atoms. The predicted molar refractivity (Wildman–Crippen MR) is 115 cm³/mol. The first-order valence-corrected chi connectivity index (χ1v) is 9.38. The van der Waals surface area contributed by atoms with Crippen LogP contribution >= 0.6 is 0 Å². The molecular formula is C21H20N4O7. The second-order valence-corrected chi connectivity index (χ2v) is 6.46. The van der Waals surface area contributed by atoms with E-state index in [2.05, 4.69) is 15.5 Å². The number of hydrogen-bond donors (Lipinski definition) is 2. The maximum atomic E-state index is 12.9. The fourth-order valence-corrected chi connectivity index (χ4v) is 2.85. The molecule has 2 aromatic carbocycles. The predicted octanol–water partition coefficient (Wildman–Crippen LogP) is 2.63. The smallest absolute Gasteiger partial charge is 0.286 e. The Kier molecular flexibility index (Phi) is 7.13. The van der Waals surface area contributed by atoms with Gasteiger partial charge in [-0.05, 0) is 18.2 Å². The van der Waals surface area contributed by atoms with Gasteiger partial charge in [0.1, 0.15) is 12.2 Å². The van der Waals surface area contributed by atoms with Crippen LogP contribution in [0.3, 0.4) is 0 Å². The van der Waals surface area contributed by atoms with Crippen LogP contribution in [0.25, 0.3) is 11.3 Å². The van der Waals surface area contributed by atoms with Crippen LogP contribution < -0.4 is 20.3 Å². The van der Waals surface area contributed by atoms with E-state index in [-0.39, 0.29) is 35.8 Å². The van der Waals surface area contributed by atoms with Crippen molar-refractivity contribution < 1.29 is 23.9 Å². The van der Waals surface area contributed by atoms with Gasteiger partial charge < -0.3 is 19.5 Å². The normalized spacial score (nSPS) is 10.4. The number of benzene rings is 2. The number of H-pyrrole nitrogens is 1. The van der Waals surface area contributed by atoms with E-state index in [4.69, 9.17) is 14.2 Å². The number of methoxy groups -OCH3 is 2. The number of nitro benzene ring substituents is 1. The summed E-state index contributed by atoms with van der Waals surface area (Å²) < 4.78 is 15.6. The first-order chi connectivity index (χ1) is 15.4. The Morgan fingerprint density at radius 3 is 2.59 bits per heavy atom. The standard InChI is InChI=1S/C21H20N4O7/c1-30-8-9-32-19-12-17(25(28)29)15(11-18(19)31-2)21(27)22-14-5-3-4-13(10-14)16-6-7-20(26)24-23-16/h3-7,10-12H,8-9H2,1-2H3,(H,22,27)(H,24,26). The largest absolute Gasteiger partial charge is 0.493 e. The van der Waals surface area contributed by atoms with E-state index in [9.17, 15) is 19.7 Å². The second-order valence-electron chi connectivity index (χ2n) is 6.46. The number of carbonyl (C=O) groups excluding carboxylic acids is 1. The number of nitrogens with one attached hydrogen (secondary N) is 2. The SMILES string of the molecule is COCCOc1cc([N+](=O)[O-])c(C(=O)Nc2cccc(-c3ccc(=O)[nH]n3)c2)cc1OC. The highest BCUT2D eigenvalue weighted by molar-refractivity contribution is 6.07. The van der Waals surface area contributed by atoms with Crippen LogP contribution in [0, 0.1) is 10.1 Å². The van der Waals surface area contributed by atoms with Gasteiger partial charge in [-0.15, -0.1) is 0 Å². The second kappa shape index (κ2) is 10.2. The number of aromatic amines is 1. The lowest BCUT2D eigenvalue weighted by atomic mass is 10.1. The van der Waals surface area contributed by atoms with Gasteiger partial charge in [-0.25, -0.2) is 5.10 Å². The number of ether oxygens (including phenoxy) is 3. The molecule has 32 heavy (non-hydrogen) atoms. The Labute approximate surface area is 182 Å². The monoisotopic (exact) mass is 440 g/mol. The molecule has 2 N–H and O–H groups in total. The summed E-state index contributed by atoms with van der Waals surface area (Å²) in [5, 5.41) is 20.5. The highest BCUT2D eigenvalue weighted by Gasteiger charge is 2.25. The lowest BCUT2D eigenvalue weighted by Crippen LogP contribution is -2.15. The lowest BCUT2D eigenvalue weighted by molar-refractivity contribution is -0.385. The highest BCUT2D eigenvalue weighted by Crippen LogP contribution is 2.35. The van der Waals surface area contributed by atoms with Crippen LogP contribution in [0.4, 0.5) is 11.4 Å². The van der Waals surface area contributed by atoms with Gasteiger partial charge in [0.25, 0.3) is 17.2 Å². The summed E-state index contributed by atoms with van der Waals surface area (Å²) in [6.45, 7) is 0.431. The molecule has 3 aromatic rings. The van der Waals surface area contributed by atoms with Crippen molar-refractivity contribution in [3.05, 3.63) is 74.6 Å². The molecule has 0 unspecified atom stereocenters. The number of anilines is 1. The van der Waals surface area contributed by atoms with Crippen molar-refractivity contribution >= 4 is 17.3 Å². The van der Waals surface area contributed by atoms with Gasteiger partial charge in [-0.2, -0.15) is 5.10 Å².